The van der Waals surface area contributed by atoms with E-state index in [9.17, 15) is 13.2 Å². The summed E-state index contributed by atoms with van der Waals surface area (Å²) in [6.45, 7) is 0. The lowest BCUT2D eigenvalue weighted by Gasteiger charge is -2.05. The van der Waals surface area contributed by atoms with Gasteiger partial charge in [-0.05, 0) is 23.8 Å². The summed E-state index contributed by atoms with van der Waals surface area (Å²) in [4.78, 5) is 12.0. The molecule has 0 atom stereocenters. The average molecular weight is 343 g/mol. The Hall–Kier alpha value is -1.36. The van der Waals surface area contributed by atoms with Gasteiger partial charge in [-0.15, -0.1) is 0 Å². The minimum Gasteiger partial charge on any atom is -0.293 e. The monoisotopic (exact) mass is 342 g/mol. The number of hydrogen-bond acceptors (Lipinski definition) is 3. The number of carbonyl (C=O) groups excluding carboxylic acids is 1. The van der Waals surface area contributed by atoms with Gasteiger partial charge in [0.05, 0.1) is 15.8 Å². The molecule has 3 nitrogen and oxygen atoms in total. The van der Waals surface area contributed by atoms with Crippen LogP contribution in [0.15, 0.2) is 48.5 Å². The fourth-order valence-corrected chi connectivity index (χ4v) is 3.50. The van der Waals surface area contributed by atoms with Crippen molar-refractivity contribution in [2.24, 2.45) is 0 Å². The highest BCUT2D eigenvalue weighted by Gasteiger charge is 2.19. The second-order valence-corrected chi connectivity index (χ2v) is 7.45. The molecule has 0 aliphatic carbocycles. The molecule has 0 aliphatic rings. The molecule has 2 aromatic carbocycles. The molecule has 0 amide bonds. The van der Waals surface area contributed by atoms with Crippen molar-refractivity contribution in [1.29, 1.82) is 0 Å². The van der Waals surface area contributed by atoms with Gasteiger partial charge in [-0.2, -0.15) is 0 Å². The van der Waals surface area contributed by atoms with Crippen molar-refractivity contribution in [1.82, 2.24) is 0 Å². The van der Waals surface area contributed by atoms with Crippen LogP contribution < -0.4 is 0 Å². The molecule has 0 unspecified atom stereocenters. The number of Topliss-reactive ketones (excluding diaryl/α,β-unsaturated/α-hetero) is 1. The molecule has 110 valence electrons. The molecule has 0 N–H and O–H groups in total. The van der Waals surface area contributed by atoms with Gasteiger partial charge in [0.2, 0.25) is 0 Å². The average Bonchev–Trinajstić information content (AvgIpc) is 2.41. The van der Waals surface area contributed by atoms with Crippen molar-refractivity contribution >= 4 is 38.8 Å². The zero-order valence-corrected chi connectivity index (χ0v) is 13.3. The molecule has 2 rings (SSSR count). The van der Waals surface area contributed by atoms with Gasteiger partial charge in [0.25, 0.3) is 0 Å². The van der Waals surface area contributed by atoms with Gasteiger partial charge in [0.1, 0.15) is 5.75 Å². The van der Waals surface area contributed by atoms with Crippen LogP contribution in [0.1, 0.15) is 15.9 Å². The van der Waals surface area contributed by atoms with E-state index < -0.39 is 21.4 Å². The summed E-state index contributed by atoms with van der Waals surface area (Å²) in [5.41, 5.74) is 0.889. The summed E-state index contributed by atoms with van der Waals surface area (Å²) < 4.78 is 24.1. The van der Waals surface area contributed by atoms with E-state index in [1.54, 1.807) is 30.3 Å². The molecule has 0 aliphatic heterocycles. The number of benzene rings is 2. The van der Waals surface area contributed by atoms with E-state index in [4.69, 9.17) is 23.2 Å². The van der Waals surface area contributed by atoms with Crippen molar-refractivity contribution in [3.63, 3.8) is 0 Å². The predicted molar refractivity (Wildman–Crippen MR) is 84.7 cm³/mol. The van der Waals surface area contributed by atoms with Crippen molar-refractivity contribution in [3.05, 3.63) is 69.7 Å². The zero-order chi connectivity index (χ0) is 15.5. The lowest BCUT2D eigenvalue weighted by Crippen LogP contribution is -2.18. The molecule has 0 radical (unpaired) electrons. The van der Waals surface area contributed by atoms with Crippen LogP contribution in [0.2, 0.25) is 10.0 Å². The lowest BCUT2D eigenvalue weighted by molar-refractivity contribution is 0.102. The maximum atomic E-state index is 12.1. The van der Waals surface area contributed by atoms with Crippen molar-refractivity contribution in [2.45, 2.75) is 5.75 Å². The molecule has 0 spiro atoms. The Morgan fingerprint density at radius 2 is 1.62 bits per heavy atom. The zero-order valence-electron chi connectivity index (χ0n) is 10.9. The van der Waals surface area contributed by atoms with Crippen LogP contribution in [0.25, 0.3) is 0 Å². The Morgan fingerprint density at radius 3 is 2.24 bits per heavy atom. The third-order valence-corrected chi connectivity index (χ3v) is 5.04. The van der Waals surface area contributed by atoms with Gasteiger partial charge < -0.3 is 0 Å². The summed E-state index contributed by atoms with van der Waals surface area (Å²) >= 11 is 11.6. The third kappa shape index (κ3) is 4.56. The second kappa shape index (κ2) is 6.60. The van der Waals surface area contributed by atoms with E-state index in [0.717, 1.165) is 0 Å². The van der Waals surface area contributed by atoms with Gasteiger partial charge in [-0.3, -0.25) is 4.79 Å². The Morgan fingerprint density at radius 1 is 0.952 bits per heavy atom. The molecular formula is C15H12Cl2O3S. The smallest absolute Gasteiger partial charge is 0.177 e. The van der Waals surface area contributed by atoms with Gasteiger partial charge >= 0.3 is 0 Å². The topological polar surface area (TPSA) is 51.2 Å². The SMILES string of the molecule is O=C(CS(=O)(=O)Cc1ccccc1)c1ccc(Cl)c(Cl)c1. The lowest BCUT2D eigenvalue weighted by atomic mass is 10.1. The van der Waals surface area contributed by atoms with Gasteiger partial charge in [0.15, 0.2) is 15.6 Å². The maximum Gasteiger partial charge on any atom is 0.177 e. The summed E-state index contributed by atoms with van der Waals surface area (Å²) in [6.07, 6.45) is 0. The van der Waals surface area contributed by atoms with E-state index >= 15 is 0 Å². The van der Waals surface area contributed by atoms with E-state index in [1.807, 2.05) is 0 Å². The maximum absolute atomic E-state index is 12.1. The molecule has 0 bridgehead atoms. The van der Waals surface area contributed by atoms with Crippen LogP contribution in [-0.4, -0.2) is 20.0 Å². The molecule has 0 fully saturated rings. The molecule has 0 heterocycles. The molecular weight excluding hydrogens is 331 g/mol. The van der Waals surface area contributed by atoms with Crippen LogP contribution in [0, 0.1) is 0 Å². The fourth-order valence-electron chi connectivity index (χ4n) is 1.83. The van der Waals surface area contributed by atoms with Gasteiger partial charge in [-0.1, -0.05) is 53.5 Å². The van der Waals surface area contributed by atoms with E-state index in [-0.39, 0.29) is 16.3 Å². The molecule has 6 heteroatoms. The molecule has 21 heavy (non-hydrogen) atoms. The number of ketones is 1. The highest BCUT2D eigenvalue weighted by molar-refractivity contribution is 7.91. The Balaban J connectivity index is 2.12. The molecule has 0 saturated carbocycles. The highest BCUT2D eigenvalue weighted by atomic mass is 35.5. The third-order valence-electron chi connectivity index (χ3n) is 2.82. The van der Waals surface area contributed by atoms with E-state index in [2.05, 4.69) is 0 Å². The van der Waals surface area contributed by atoms with Crippen molar-refractivity contribution in [2.75, 3.05) is 5.75 Å². The quantitative estimate of drug-likeness (QED) is 0.776. The Labute approximate surface area is 133 Å². The van der Waals surface area contributed by atoms with Gasteiger partial charge in [-0.25, -0.2) is 8.42 Å². The fraction of sp³-hybridized carbons (Fsp3) is 0.133. The highest BCUT2D eigenvalue weighted by Crippen LogP contribution is 2.23. The summed E-state index contributed by atoms with van der Waals surface area (Å²) in [5.74, 6) is -1.22. The number of hydrogen-bond donors (Lipinski definition) is 0. The largest absolute Gasteiger partial charge is 0.293 e. The van der Waals surface area contributed by atoms with Crippen molar-refractivity contribution in [3.8, 4) is 0 Å². The van der Waals surface area contributed by atoms with Crippen LogP contribution >= 0.6 is 23.2 Å². The van der Waals surface area contributed by atoms with Crippen molar-refractivity contribution < 1.29 is 13.2 Å². The first-order chi connectivity index (χ1) is 9.87. The minimum atomic E-state index is -3.53. The normalized spacial score (nSPS) is 11.3. The van der Waals surface area contributed by atoms with Crippen LogP contribution in [-0.2, 0) is 15.6 Å². The first kappa shape index (κ1) is 16.0. The standard InChI is InChI=1S/C15H12Cl2O3S/c16-13-7-6-12(8-14(13)17)15(18)10-21(19,20)9-11-4-2-1-3-5-11/h1-8H,9-10H2. The van der Waals surface area contributed by atoms with E-state index in [1.165, 1.54) is 18.2 Å². The molecule has 0 aromatic heterocycles. The number of carbonyl (C=O) groups is 1. The predicted octanol–water partition coefficient (Wildman–Crippen LogP) is 3.79. The number of sulfone groups is 1. The summed E-state index contributed by atoms with van der Waals surface area (Å²) in [6, 6.07) is 13.1. The van der Waals surface area contributed by atoms with E-state index in [0.29, 0.717) is 10.6 Å². The molecule has 2 aromatic rings. The number of rotatable bonds is 5. The van der Waals surface area contributed by atoms with Crippen LogP contribution in [0.3, 0.4) is 0 Å². The first-order valence-corrected chi connectivity index (χ1v) is 8.68. The number of halogens is 2. The summed E-state index contributed by atoms with van der Waals surface area (Å²) in [5, 5.41) is 0.545. The summed E-state index contributed by atoms with van der Waals surface area (Å²) in [7, 11) is -3.53. The van der Waals surface area contributed by atoms with Gasteiger partial charge in [0, 0.05) is 5.56 Å². The Bertz CT molecular complexity index is 756. The molecule has 0 saturated heterocycles. The van der Waals surface area contributed by atoms with Crippen LogP contribution in [0.5, 0.6) is 0 Å². The van der Waals surface area contributed by atoms with Crippen LogP contribution in [0.4, 0.5) is 0 Å². The first-order valence-electron chi connectivity index (χ1n) is 6.10. The minimum absolute atomic E-state index is 0.166. The second-order valence-electron chi connectivity index (χ2n) is 4.57. The Kier molecular flexibility index (Phi) is 5.04.